The molecule has 4 fully saturated rings. The van der Waals surface area contributed by atoms with Crippen molar-refractivity contribution in [3.63, 3.8) is 0 Å². The van der Waals surface area contributed by atoms with Crippen LogP contribution in [0.25, 0.3) is 10.9 Å². The normalized spacial score (nSPS) is 26.7. The summed E-state index contributed by atoms with van der Waals surface area (Å²) < 4.78 is 13.6. The van der Waals surface area contributed by atoms with Crippen molar-refractivity contribution in [3.8, 4) is 0 Å². The average Bonchev–Trinajstić information content (AvgIpc) is 3.42. The molecular weight excluding hydrogens is 329 g/mol. The molecule has 2 aromatic rings. The van der Waals surface area contributed by atoms with Gasteiger partial charge in [0.05, 0.1) is 5.92 Å². The van der Waals surface area contributed by atoms with E-state index in [1.807, 2.05) is 6.07 Å². The molecule has 3 saturated heterocycles. The van der Waals surface area contributed by atoms with E-state index in [-0.39, 0.29) is 11.7 Å². The molecule has 0 unspecified atom stereocenters. The summed E-state index contributed by atoms with van der Waals surface area (Å²) in [6.07, 6.45) is 4.74. The van der Waals surface area contributed by atoms with Crippen LogP contribution < -0.4 is 0 Å². The van der Waals surface area contributed by atoms with Gasteiger partial charge in [0.2, 0.25) is 5.91 Å². The molecular formula is C21H26FN3O. The number of amides is 1. The Morgan fingerprint density at radius 1 is 1.19 bits per heavy atom. The highest BCUT2D eigenvalue weighted by Gasteiger charge is 2.42. The van der Waals surface area contributed by atoms with Gasteiger partial charge in [-0.1, -0.05) is 0 Å². The molecule has 2 bridgehead atoms. The predicted octanol–water partition coefficient (Wildman–Crippen LogP) is 3.45. The van der Waals surface area contributed by atoms with Crippen molar-refractivity contribution < 1.29 is 9.18 Å². The zero-order valence-electron chi connectivity index (χ0n) is 15.3. The van der Waals surface area contributed by atoms with Crippen LogP contribution in [0, 0.1) is 24.6 Å². The largest absolute Gasteiger partial charge is 0.357 e. The summed E-state index contributed by atoms with van der Waals surface area (Å²) >= 11 is 0. The van der Waals surface area contributed by atoms with Crippen LogP contribution in [0.4, 0.5) is 4.39 Å². The molecule has 3 aliphatic heterocycles. The van der Waals surface area contributed by atoms with E-state index in [1.165, 1.54) is 18.9 Å². The van der Waals surface area contributed by atoms with Crippen LogP contribution in [-0.2, 0) is 11.3 Å². The summed E-state index contributed by atoms with van der Waals surface area (Å²) in [5.41, 5.74) is 3.26. The number of rotatable bonds is 4. The zero-order chi connectivity index (χ0) is 17.8. The molecule has 26 heavy (non-hydrogen) atoms. The Morgan fingerprint density at radius 2 is 2.04 bits per heavy atom. The summed E-state index contributed by atoms with van der Waals surface area (Å²) in [5.74, 6) is 1.08. The molecule has 1 aromatic heterocycles. The number of hydrogen-bond acceptors (Lipinski definition) is 2. The SMILES string of the molecule is Cc1c(CN2C[C@H]3CC[C@@H](C2)N(CC2CC2)C3=O)[nH]c2ccc(F)cc12. The first-order chi connectivity index (χ1) is 12.6. The van der Waals surface area contributed by atoms with Crippen LogP contribution in [-0.4, -0.2) is 46.4 Å². The zero-order valence-corrected chi connectivity index (χ0v) is 15.3. The second-order valence-electron chi connectivity index (χ2n) is 8.47. The predicted molar refractivity (Wildman–Crippen MR) is 99.2 cm³/mol. The summed E-state index contributed by atoms with van der Waals surface area (Å²) in [4.78, 5) is 21.0. The van der Waals surface area contributed by atoms with E-state index in [9.17, 15) is 9.18 Å². The van der Waals surface area contributed by atoms with Crippen LogP contribution in [0.15, 0.2) is 18.2 Å². The number of halogens is 1. The van der Waals surface area contributed by atoms with E-state index in [2.05, 4.69) is 21.7 Å². The lowest BCUT2D eigenvalue weighted by Gasteiger charge is -2.36. The number of aromatic nitrogens is 1. The van der Waals surface area contributed by atoms with Crippen LogP contribution in [0.2, 0.25) is 0 Å². The van der Waals surface area contributed by atoms with Gasteiger partial charge in [-0.3, -0.25) is 9.69 Å². The Bertz CT molecular complexity index is 856. The number of piperidine rings is 1. The van der Waals surface area contributed by atoms with Gasteiger partial charge in [-0.25, -0.2) is 4.39 Å². The third kappa shape index (κ3) is 2.82. The van der Waals surface area contributed by atoms with Gasteiger partial charge in [0.1, 0.15) is 5.82 Å². The van der Waals surface area contributed by atoms with Crippen molar-refractivity contribution in [1.29, 1.82) is 0 Å². The fourth-order valence-corrected chi connectivity index (χ4v) is 4.81. The monoisotopic (exact) mass is 355 g/mol. The quantitative estimate of drug-likeness (QED) is 0.912. The lowest BCUT2D eigenvalue weighted by molar-refractivity contribution is -0.140. The Labute approximate surface area is 153 Å². The smallest absolute Gasteiger partial charge is 0.227 e. The molecule has 4 aliphatic rings. The highest BCUT2D eigenvalue weighted by atomic mass is 19.1. The number of carbonyl (C=O) groups is 1. The van der Waals surface area contributed by atoms with E-state index in [0.717, 1.165) is 67.1 Å². The number of nitrogens with zero attached hydrogens (tertiary/aromatic N) is 2. The lowest BCUT2D eigenvalue weighted by atomic mass is 9.94. The first-order valence-corrected chi connectivity index (χ1v) is 9.88. The third-order valence-corrected chi connectivity index (χ3v) is 6.53. The second kappa shape index (κ2) is 6.08. The van der Waals surface area contributed by atoms with Crippen molar-refractivity contribution in [2.75, 3.05) is 19.6 Å². The minimum atomic E-state index is -0.194. The van der Waals surface area contributed by atoms with Gasteiger partial charge in [-0.15, -0.1) is 0 Å². The van der Waals surface area contributed by atoms with Crippen LogP contribution in [0.5, 0.6) is 0 Å². The van der Waals surface area contributed by atoms with Crippen molar-refractivity contribution >= 4 is 16.8 Å². The van der Waals surface area contributed by atoms with Gasteiger partial charge in [0.25, 0.3) is 0 Å². The fourth-order valence-electron chi connectivity index (χ4n) is 4.81. The minimum absolute atomic E-state index is 0.148. The summed E-state index contributed by atoms with van der Waals surface area (Å²) in [6.45, 7) is 5.64. The van der Waals surface area contributed by atoms with Gasteiger partial charge in [-0.2, -0.15) is 0 Å². The topological polar surface area (TPSA) is 39.3 Å². The molecule has 1 aromatic carbocycles. The van der Waals surface area contributed by atoms with E-state index >= 15 is 0 Å². The Hall–Kier alpha value is -1.88. The maximum Gasteiger partial charge on any atom is 0.227 e. The molecule has 0 radical (unpaired) electrons. The van der Waals surface area contributed by atoms with Crippen molar-refractivity contribution in [3.05, 3.63) is 35.3 Å². The Balaban J connectivity index is 1.38. The molecule has 1 amide bonds. The summed E-state index contributed by atoms with van der Waals surface area (Å²) in [6, 6.07) is 5.29. The van der Waals surface area contributed by atoms with E-state index < -0.39 is 0 Å². The number of nitrogens with one attached hydrogen (secondary N) is 1. The van der Waals surface area contributed by atoms with E-state index in [0.29, 0.717) is 11.9 Å². The number of benzene rings is 1. The lowest BCUT2D eigenvalue weighted by Crippen LogP contribution is -2.48. The highest BCUT2D eigenvalue weighted by Crippen LogP contribution is 2.36. The van der Waals surface area contributed by atoms with Crippen molar-refractivity contribution in [1.82, 2.24) is 14.8 Å². The highest BCUT2D eigenvalue weighted by molar-refractivity contribution is 5.84. The fraction of sp³-hybridized carbons (Fsp3) is 0.571. The Morgan fingerprint density at radius 3 is 2.85 bits per heavy atom. The van der Waals surface area contributed by atoms with Gasteiger partial charge in [-0.05, 0) is 62.3 Å². The van der Waals surface area contributed by atoms with E-state index in [4.69, 9.17) is 0 Å². The average molecular weight is 355 g/mol. The summed E-state index contributed by atoms with van der Waals surface area (Å²) in [5, 5.41) is 0.962. The first kappa shape index (κ1) is 16.3. The first-order valence-electron chi connectivity index (χ1n) is 9.88. The van der Waals surface area contributed by atoms with E-state index in [1.54, 1.807) is 6.07 Å². The molecule has 138 valence electrons. The second-order valence-corrected chi connectivity index (χ2v) is 8.47. The molecule has 4 heterocycles. The van der Waals surface area contributed by atoms with Crippen LogP contribution >= 0.6 is 0 Å². The molecule has 1 saturated carbocycles. The van der Waals surface area contributed by atoms with Crippen LogP contribution in [0.1, 0.15) is 36.9 Å². The van der Waals surface area contributed by atoms with Gasteiger partial charge < -0.3 is 9.88 Å². The third-order valence-electron chi connectivity index (χ3n) is 6.53. The Kier molecular flexibility index (Phi) is 3.82. The number of aromatic amines is 1. The molecule has 4 nitrogen and oxygen atoms in total. The number of fused-ring (bicyclic) bond motifs is 5. The molecule has 1 aliphatic carbocycles. The van der Waals surface area contributed by atoms with Gasteiger partial charge in [0, 0.05) is 48.8 Å². The number of carbonyl (C=O) groups excluding carboxylic acids is 1. The number of hydrogen-bond donors (Lipinski definition) is 1. The van der Waals surface area contributed by atoms with Crippen molar-refractivity contribution in [2.45, 2.75) is 45.2 Å². The maximum atomic E-state index is 13.6. The molecule has 1 N–H and O–H groups in total. The molecule has 5 heteroatoms. The molecule has 6 rings (SSSR count). The maximum absolute atomic E-state index is 13.6. The standard InChI is InChI=1S/C21H26FN3O/c1-13-18-8-16(22)5-7-19(18)23-20(13)12-24-10-15-4-6-17(11-24)25(21(15)26)9-14-2-3-14/h5,7-8,14-15,17,23H,2-4,6,9-12H2,1H3/t15-,17+/m1/s1. The molecule has 2 atom stereocenters. The van der Waals surface area contributed by atoms with Gasteiger partial charge >= 0.3 is 0 Å². The van der Waals surface area contributed by atoms with Crippen molar-refractivity contribution in [2.24, 2.45) is 11.8 Å². The molecule has 0 spiro atoms. The minimum Gasteiger partial charge on any atom is -0.357 e. The summed E-state index contributed by atoms with van der Waals surface area (Å²) in [7, 11) is 0. The van der Waals surface area contributed by atoms with Gasteiger partial charge in [0.15, 0.2) is 0 Å². The number of H-pyrrole nitrogens is 1. The van der Waals surface area contributed by atoms with Crippen LogP contribution in [0.3, 0.4) is 0 Å². The number of aryl methyl sites for hydroxylation is 1.